The fraction of sp³-hybridized carbons (Fsp3) is 0.571. The lowest BCUT2D eigenvalue weighted by Crippen LogP contribution is -2.18. The third-order valence-corrected chi connectivity index (χ3v) is 1.92. The summed E-state index contributed by atoms with van der Waals surface area (Å²) in [5.74, 6) is -1.04. The van der Waals surface area contributed by atoms with Gasteiger partial charge in [0.2, 0.25) is 0 Å². The smallest absolute Gasteiger partial charge is 0.306 e. The molecule has 1 rings (SSSR count). The van der Waals surface area contributed by atoms with Crippen LogP contribution in [0.4, 0.5) is 0 Å². The van der Waals surface area contributed by atoms with Crippen LogP contribution >= 0.6 is 0 Å². The largest absolute Gasteiger partial charge is 0.481 e. The quantitative estimate of drug-likeness (QED) is 0.518. The minimum atomic E-state index is -0.755. The fourth-order valence-corrected chi connectivity index (χ4v) is 1.21. The highest BCUT2D eigenvalue weighted by molar-refractivity contribution is 5.71. The van der Waals surface area contributed by atoms with E-state index in [9.17, 15) is 4.79 Å². The van der Waals surface area contributed by atoms with Crippen molar-refractivity contribution >= 4 is 5.97 Å². The molecule has 1 saturated carbocycles. The molecular weight excluding hydrogens is 130 g/mol. The van der Waals surface area contributed by atoms with E-state index in [0.717, 1.165) is 5.57 Å². The molecule has 3 N–H and O–H groups in total. The van der Waals surface area contributed by atoms with Gasteiger partial charge in [-0.15, -0.1) is 0 Å². The molecule has 0 bridgehead atoms. The Bertz CT molecular complexity index is 176. The Balaban J connectivity index is 2.57. The second kappa shape index (κ2) is 2.42. The first-order valence-corrected chi connectivity index (χ1v) is 3.27. The maximum absolute atomic E-state index is 10.4. The van der Waals surface area contributed by atoms with Gasteiger partial charge in [0.25, 0.3) is 0 Å². The number of nitrogens with two attached hydrogens (primary N) is 1. The molecule has 1 fully saturated rings. The lowest BCUT2D eigenvalue weighted by atomic mass is 10.1. The third kappa shape index (κ3) is 1.19. The summed E-state index contributed by atoms with van der Waals surface area (Å²) in [5.41, 5.74) is 6.41. The Morgan fingerprint density at radius 1 is 1.80 bits per heavy atom. The van der Waals surface area contributed by atoms with Gasteiger partial charge in [-0.1, -0.05) is 12.2 Å². The number of carbonyl (C=O) groups is 1. The van der Waals surface area contributed by atoms with Crippen molar-refractivity contribution in [3.05, 3.63) is 12.2 Å². The summed E-state index contributed by atoms with van der Waals surface area (Å²) >= 11 is 0. The van der Waals surface area contributed by atoms with Crippen molar-refractivity contribution in [1.29, 1.82) is 0 Å². The van der Waals surface area contributed by atoms with Crippen molar-refractivity contribution in [2.75, 3.05) is 0 Å². The van der Waals surface area contributed by atoms with E-state index in [-0.39, 0.29) is 12.0 Å². The maximum Gasteiger partial charge on any atom is 0.306 e. The minimum Gasteiger partial charge on any atom is -0.481 e. The second-order valence-electron chi connectivity index (χ2n) is 2.74. The normalized spacial score (nSPS) is 32.7. The van der Waals surface area contributed by atoms with E-state index in [4.69, 9.17) is 10.8 Å². The molecular formula is C7H11NO2. The zero-order valence-electron chi connectivity index (χ0n) is 5.71. The van der Waals surface area contributed by atoms with Crippen LogP contribution in [0.5, 0.6) is 0 Å². The summed E-state index contributed by atoms with van der Waals surface area (Å²) < 4.78 is 0. The molecule has 1 aliphatic carbocycles. The molecule has 0 aromatic carbocycles. The second-order valence-corrected chi connectivity index (χ2v) is 2.74. The highest BCUT2D eigenvalue weighted by Crippen LogP contribution is 2.27. The topological polar surface area (TPSA) is 63.3 Å². The van der Waals surface area contributed by atoms with Gasteiger partial charge in [0.1, 0.15) is 0 Å². The molecule has 0 radical (unpaired) electrons. The van der Waals surface area contributed by atoms with E-state index in [2.05, 4.69) is 6.58 Å². The minimum absolute atomic E-state index is 0.0962. The van der Waals surface area contributed by atoms with Crippen LogP contribution in [0.3, 0.4) is 0 Å². The molecule has 0 aromatic heterocycles. The van der Waals surface area contributed by atoms with Crippen molar-refractivity contribution in [2.24, 2.45) is 11.7 Å². The summed E-state index contributed by atoms with van der Waals surface area (Å²) in [6, 6.07) is -0.0962. The van der Waals surface area contributed by atoms with E-state index >= 15 is 0 Å². The van der Waals surface area contributed by atoms with Crippen LogP contribution in [-0.4, -0.2) is 17.1 Å². The molecule has 3 heteroatoms. The van der Waals surface area contributed by atoms with Crippen LogP contribution in [0.1, 0.15) is 12.8 Å². The Morgan fingerprint density at radius 3 is 2.60 bits per heavy atom. The number of rotatable bonds is 1. The SMILES string of the molecule is C=C1CC(C(=O)O)CC1N. The van der Waals surface area contributed by atoms with Gasteiger partial charge >= 0.3 is 5.97 Å². The van der Waals surface area contributed by atoms with E-state index in [1.54, 1.807) is 0 Å². The summed E-state index contributed by atoms with van der Waals surface area (Å²) in [4.78, 5) is 10.4. The Hall–Kier alpha value is -0.830. The van der Waals surface area contributed by atoms with Gasteiger partial charge in [-0.2, -0.15) is 0 Å². The monoisotopic (exact) mass is 141 g/mol. The van der Waals surface area contributed by atoms with Gasteiger partial charge in [0, 0.05) is 6.04 Å². The lowest BCUT2D eigenvalue weighted by molar-refractivity contribution is -0.141. The molecule has 56 valence electrons. The van der Waals surface area contributed by atoms with Crippen molar-refractivity contribution in [3.63, 3.8) is 0 Å². The predicted molar refractivity (Wildman–Crippen MR) is 37.5 cm³/mol. The van der Waals surface area contributed by atoms with E-state index in [1.165, 1.54) is 0 Å². The van der Waals surface area contributed by atoms with Gasteiger partial charge in [0.05, 0.1) is 5.92 Å². The van der Waals surface area contributed by atoms with Crippen molar-refractivity contribution in [2.45, 2.75) is 18.9 Å². The highest BCUT2D eigenvalue weighted by Gasteiger charge is 2.29. The standard InChI is InChI=1S/C7H11NO2/c1-4-2-5(7(9)10)3-6(4)8/h5-6H,1-3,8H2,(H,9,10). The first-order chi connectivity index (χ1) is 4.61. The molecule has 1 aliphatic rings. The van der Waals surface area contributed by atoms with E-state index in [0.29, 0.717) is 12.8 Å². The number of carboxylic acid groups (broad SMARTS) is 1. The average molecular weight is 141 g/mol. The molecule has 3 nitrogen and oxygen atoms in total. The molecule has 10 heavy (non-hydrogen) atoms. The summed E-state index contributed by atoms with van der Waals surface area (Å²) in [5, 5.41) is 8.55. The van der Waals surface area contributed by atoms with E-state index in [1.807, 2.05) is 0 Å². The number of carboxylic acids is 1. The summed E-state index contributed by atoms with van der Waals surface area (Å²) in [6.07, 6.45) is 1.10. The molecule has 0 aliphatic heterocycles. The number of hydrogen-bond acceptors (Lipinski definition) is 2. The van der Waals surface area contributed by atoms with Gasteiger partial charge < -0.3 is 10.8 Å². The summed E-state index contributed by atoms with van der Waals surface area (Å²) in [6.45, 7) is 3.68. The van der Waals surface area contributed by atoms with Crippen LogP contribution in [0.25, 0.3) is 0 Å². The fourth-order valence-electron chi connectivity index (χ4n) is 1.21. The molecule has 2 atom stereocenters. The first kappa shape index (κ1) is 7.28. The van der Waals surface area contributed by atoms with Gasteiger partial charge in [0.15, 0.2) is 0 Å². The van der Waals surface area contributed by atoms with Gasteiger partial charge in [-0.25, -0.2) is 0 Å². The van der Waals surface area contributed by atoms with Crippen LogP contribution < -0.4 is 5.73 Å². The van der Waals surface area contributed by atoms with Crippen molar-refractivity contribution in [3.8, 4) is 0 Å². The van der Waals surface area contributed by atoms with Gasteiger partial charge in [-0.05, 0) is 12.8 Å². The van der Waals surface area contributed by atoms with Crippen LogP contribution in [0.15, 0.2) is 12.2 Å². The molecule has 0 amide bonds. The van der Waals surface area contributed by atoms with Crippen molar-refractivity contribution < 1.29 is 9.90 Å². The van der Waals surface area contributed by atoms with E-state index < -0.39 is 5.97 Å². The molecule has 0 spiro atoms. The van der Waals surface area contributed by atoms with Crippen LogP contribution in [0.2, 0.25) is 0 Å². The van der Waals surface area contributed by atoms with Crippen molar-refractivity contribution in [1.82, 2.24) is 0 Å². The molecule has 0 saturated heterocycles. The Labute approximate surface area is 59.5 Å². The lowest BCUT2D eigenvalue weighted by Gasteiger charge is -1.99. The highest BCUT2D eigenvalue weighted by atomic mass is 16.4. The summed E-state index contributed by atoms with van der Waals surface area (Å²) in [7, 11) is 0. The van der Waals surface area contributed by atoms with Crippen LogP contribution in [-0.2, 0) is 4.79 Å². The molecule has 2 unspecified atom stereocenters. The molecule has 0 heterocycles. The average Bonchev–Trinajstić information content (AvgIpc) is 2.13. The Morgan fingerprint density at radius 2 is 2.40 bits per heavy atom. The number of hydrogen-bond donors (Lipinski definition) is 2. The Kier molecular flexibility index (Phi) is 1.76. The third-order valence-electron chi connectivity index (χ3n) is 1.92. The maximum atomic E-state index is 10.4. The first-order valence-electron chi connectivity index (χ1n) is 3.27. The molecule has 0 aromatic rings. The number of aliphatic carboxylic acids is 1. The zero-order valence-corrected chi connectivity index (χ0v) is 5.71. The van der Waals surface area contributed by atoms with Crippen LogP contribution in [0, 0.1) is 5.92 Å². The zero-order chi connectivity index (χ0) is 7.72. The predicted octanol–water partition coefficient (Wildman–Crippen LogP) is 0.365. The van der Waals surface area contributed by atoms with Gasteiger partial charge in [-0.3, -0.25) is 4.79 Å².